The van der Waals surface area contributed by atoms with Crippen LogP contribution in [0.1, 0.15) is 24.2 Å². The number of morpholine rings is 1. The number of H-pyrrole nitrogens is 1. The predicted molar refractivity (Wildman–Crippen MR) is 106 cm³/mol. The molecule has 5 nitrogen and oxygen atoms in total. The van der Waals surface area contributed by atoms with E-state index in [1.165, 1.54) is 6.07 Å². The second-order valence-electron chi connectivity index (χ2n) is 7.51. The predicted octanol–water partition coefficient (Wildman–Crippen LogP) is 3.45. The van der Waals surface area contributed by atoms with Crippen molar-refractivity contribution in [1.29, 1.82) is 0 Å². The van der Waals surface area contributed by atoms with Crippen LogP contribution in [-0.2, 0) is 4.74 Å². The van der Waals surface area contributed by atoms with Crippen LogP contribution in [0.4, 0.5) is 0 Å². The molecular weight excluding hydrogens is 340 g/mol. The minimum Gasteiger partial charge on any atom is -0.372 e. The number of aromatic amines is 1. The monoisotopic (exact) mass is 362 g/mol. The third-order valence-electron chi connectivity index (χ3n) is 4.94. The number of carbonyl (C=O) groups is 1. The van der Waals surface area contributed by atoms with Crippen molar-refractivity contribution in [3.63, 3.8) is 0 Å². The van der Waals surface area contributed by atoms with Gasteiger partial charge in [0.15, 0.2) is 5.43 Å². The maximum Gasteiger partial charge on any atom is 0.254 e. The van der Waals surface area contributed by atoms with Crippen LogP contribution in [0, 0.1) is 0 Å². The fraction of sp³-hybridized carbons (Fsp3) is 0.273. The number of benzene rings is 2. The van der Waals surface area contributed by atoms with Crippen LogP contribution in [-0.4, -0.2) is 41.1 Å². The van der Waals surface area contributed by atoms with Gasteiger partial charge >= 0.3 is 0 Å². The van der Waals surface area contributed by atoms with Crippen LogP contribution in [0.5, 0.6) is 0 Å². The number of nitrogens with zero attached hydrogens (tertiary/aromatic N) is 1. The number of aromatic nitrogens is 1. The summed E-state index contributed by atoms with van der Waals surface area (Å²) in [6.45, 7) is 5.74. The highest BCUT2D eigenvalue weighted by Crippen LogP contribution is 2.24. The SMILES string of the molecule is CC1(C)CN(C(=O)c2ccc(-c3ccc4[nH]ccc(=O)c4c3)cc2)CCO1. The van der Waals surface area contributed by atoms with E-state index in [9.17, 15) is 9.59 Å². The molecule has 1 amide bonds. The number of pyridine rings is 1. The Morgan fingerprint density at radius 3 is 2.56 bits per heavy atom. The summed E-state index contributed by atoms with van der Waals surface area (Å²) in [5, 5.41) is 0.658. The van der Waals surface area contributed by atoms with Crippen LogP contribution in [0.2, 0.25) is 0 Å². The minimum absolute atomic E-state index is 0.00710. The van der Waals surface area contributed by atoms with Crippen LogP contribution < -0.4 is 5.43 Å². The van der Waals surface area contributed by atoms with Gasteiger partial charge in [0.2, 0.25) is 0 Å². The van der Waals surface area contributed by atoms with E-state index in [1.54, 1.807) is 6.20 Å². The van der Waals surface area contributed by atoms with Crippen LogP contribution >= 0.6 is 0 Å². The maximum atomic E-state index is 12.8. The smallest absolute Gasteiger partial charge is 0.254 e. The molecule has 0 bridgehead atoms. The number of hydrogen-bond acceptors (Lipinski definition) is 3. The van der Waals surface area contributed by atoms with E-state index in [0.29, 0.717) is 30.6 Å². The first-order valence-electron chi connectivity index (χ1n) is 9.08. The van der Waals surface area contributed by atoms with Crippen LogP contribution in [0.15, 0.2) is 59.5 Å². The van der Waals surface area contributed by atoms with Gasteiger partial charge in [-0.1, -0.05) is 18.2 Å². The zero-order chi connectivity index (χ0) is 19.0. The Balaban J connectivity index is 1.60. The summed E-state index contributed by atoms with van der Waals surface area (Å²) in [6.07, 6.45) is 1.65. The lowest BCUT2D eigenvalue weighted by Gasteiger charge is -2.38. The molecule has 0 spiro atoms. The fourth-order valence-corrected chi connectivity index (χ4v) is 3.53. The Morgan fingerprint density at radius 2 is 1.81 bits per heavy atom. The van der Waals surface area contributed by atoms with Crippen molar-refractivity contribution < 1.29 is 9.53 Å². The lowest BCUT2D eigenvalue weighted by atomic mass is 10.0. The van der Waals surface area contributed by atoms with Crippen molar-refractivity contribution >= 4 is 16.8 Å². The molecule has 138 valence electrons. The van der Waals surface area contributed by atoms with Crippen molar-refractivity contribution in [3.05, 3.63) is 70.5 Å². The topological polar surface area (TPSA) is 62.4 Å². The second kappa shape index (κ2) is 6.67. The van der Waals surface area contributed by atoms with E-state index < -0.39 is 0 Å². The van der Waals surface area contributed by atoms with Crippen molar-refractivity contribution in [2.24, 2.45) is 0 Å². The molecule has 2 aromatic carbocycles. The molecule has 1 saturated heterocycles. The van der Waals surface area contributed by atoms with Crippen LogP contribution in [0.3, 0.4) is 0 Å². The summed E-state index contributed by atoms with van der Waals surface area (Å²) in [5.74, 6) is 0.0212. The summed E-state index contributed by atoms with van der Waals surface area (Å²) in [6, 6.07) is 14.8. The molecule has 1 aliphatic rings. The molecule has 5 heteroatoms. The van der Waals surface area contributed by atoms with E-state index >= 15 is 0 Å². The summed E-state index contributed by atoms with van der Waals surface area (Å²) in [4.78, 5) is 29.8. The fourth-order valence-electron chi connectivity index (χ4n) is 3.53. The average Bonchev–Trinajstić information content (AvgIpc) is 2.67. The maximum absolute atomic E-state index is 12.8. The molecule has 0 aliphatic carbocycles. The van der Waals surface area contributed by atoms with E-state index in [2.05, 4.69) is 4.98 Å². The standard InChI is InChI=1S/C22H22N2O3/c1-22(2)14-24(11-12-27-22)21(26)16-5-3-15(4-6-16)17-7-8-19-18(13-17)20(25)9-10-23-19/h3-10,13H,11-12,14H2,1-2H3,(H,23,25). The van der Waals surface area contributed by atoms with Gasteiger partial charge in [-0.25, -0.2) is 0 Å². The number of rotatable bonds is 2. The molecule has 4 rings (SSSR count). The molecule has 0 saturated carbocycles. The van der Waals surface area contributed by atoms with Gasteiger partial charge in [0, 0.05) is 41.8 Å². The molecule has 1 aromatic heterocycles. The third kappa shape index (κ3) is 3.51. The third-order valence-corrected chi connectivity index (χ3v) is 4.94. The number of fused-ring (bicyclic) bond motifs is 1. The Labute approximate surface area is 157 Å². The molecule has 0 radical (unpaired) electrons. The number of nitrogens with one attached hydrogen (secondary N) is 1. The first-order valence-corrected chi connectivity index (χ1v) is 9.08. The Morgan fingerprint density at radius 1 is 1.07 bits per heavy atom. The molecule has 27 heavy (non-hydrogen) atoms. The Hall–Kier alpha value is -2.92. The largest absolute Gasteiger partial charge is 0.372 e. The number of amides is 1. The minimum atomic E-state index is -0.313. The summed E-state index contributed by atoms with van der Waals surface area (Å²) in [5.41, 5.74) is 3.08. The molecule has 2 heterocycles. The van der Waals surface area contributed by atoms with Crippen LogP contribution in [0.25, 0.3) is 22.0 Å². The quantitative estimate of drug-likeness (QED) is 0.759. The van der Waals surface area contributed by atoms with Gasteiger partial charge in [0.25, 0.3) is 5.91 Å². The van der Waals surface area contributed by atoms with Gasteiger partial charge < -0.3 is 14.6 Å². The molecule has 1 fully saturated rings. The summed E-state index contributed by atoms with van der Waals surface area (Å²) in [7, 11) is 0. The number of carbonyl (C=O) groups excluding carboxylic acids is 1. The zero-order valence-corrected chi connectivity index (χ0v) is 15.5. The summed E-state index contributed by atoms with van der Waals surface area (Å²) >= 11 is 0. The van der Waals surface area contributed by atoms with E-state index in [0.717, 1.165) is 16.6 Å². The summed E-state index contributed by atoms with van der Waals surface area (Å²) < 4.78 is 5.68. The highest BCUT2D eigenvalue weighted by Gasteiger charge is 2.30. The van der Waals surface area contributed by atoms with E-state index in [-0.39, 0.29) is 16.9 Å². The first kappa shape index (κ1) is 17.5. The van der Waals surface area contributed by atoms with Crippen molar-refractivity contribution in [2.75, 3.05) is 19.7 Å². The van der Waals surface area contributed by atoms with Crippen molar-refractivity contribution in [3.8, 4) is 11.1 Å². The van der Waals surface area contributed by atoms with Gasteiger partial charge in [-0.15, -0.1) is 0 Å². The van der Waals surface area contributed by atoms with Gasteiger partial charge in [0.1, 0.15) is 0 Å². The molecule has 0 atom stereocenters. The molecule has 0 unspecified atom stereocenters. The van der Waals surface area contributed by atoms with Gasteiger partial charge in [0.05, 0.1) is 12.2 Å². The first-order chi connectivity index (χ1) is 12.9. The lowest BCUT2D eigenvalue weighted by molar-refractivity contribution is -0.0764. The van der Waals surface area contributed by atoms with E-state index in [4.69, 9.17) is 4.74 Å². The zero-order valence-electron chi connectivity index (χ0n) is 15.5. The lowest BCUT2D eigenvalue weighted by Crippen LogP contribution is -2.50. The number of hydrogen-bond donors (Lipinski definition) is 1. The Kier molecular flexibility index (Phi) is 4.32. The highest BCUT2D eigenvalue weighted by molar-refractivity contribution is 5.95. The Bertz CT molecular complexity index is 1050. The molecular formula is C22H22N2O3. The molecule has 1 N–H and O–H groups in total. The molecule has 3 aromatic rings. The number of ether oxygens (including phenoxy) is 1. The van der Waals surface area contributed by atoms with Gasteiger partial charge in [-0.05, 0) is 49.2 Å². The van der Waals surface area contributed by atoms with E-state index in [1.807, 2.05) is 61.2 Å². The normalized spacial score (nSPS) is 16.4. The second-order valence-corrected chi connectivity index (χ2v) is 7.51. The van der Waals surface area contributed by atoms with Gasteiger partial charge in [-0.2, -0.15) is 0 Å². The highest BCUT2D eigenvalue weighted by atomic mass is 16.5. The average molecular weight is 362 g/mol. The van der Waals surface area contributed by atoms with Crippen molar-refractivity contribution in [2.45, 2.75) is 19.4 Å². The van der Waals surface area contributed by atoms with Crippen molar-refractivity contribution in [1.82, 2.24) is 9.88 Å². The van der Waals surface area contributed by atoms with Gasteiger partial charge in [-0.3, -0.25) is 9.59 Å². The molecule has 1 aliphatic heterocycles.